The van der Waals surface area contributed by atoms with Gasteiger partial charge in [-0.2, -0.15) is 0 Å². The molecule has 7 nitrogen and oxygen atoms in total. The highest BCUT2D eigenvalue weighted by molar-refractivity contribution is 7.17. The summed E-state index contributed by atoms with van der Waals surface area (Å²) in [6, 6.07) is 20.5. The number of carbonyl (C=O) groups is 3. The number of rotatable bonds is 5. The summed E-state index contributed by atoms with van der Waals surface area (Å²) in [7, 11) is 0. The quantitative estimate of drug-likeness (QED) is 0.260. The van der Waals surface area contributed by atoms with Crippen LogP contribution in [0.25, 0.3) is 10.4 Å². The summed E-state index contributed by atoms with van der Waals surface area (Å²) in [5.74, 6) is 0.750. The first-order valence-corrected chi connectivity index (χ1v) is 14.0. The number of Topliss-reactive ketones (excluding diaryl/α,β-unsaturated/α-hetero) is 1. The van der Waals surface area contributed by atoms with Gasteiger partial charge >= 0.3 is 0 Å². The lowest BCUT2D eigenvalue weighted by molar-refractivity contribution is 0.0972. The van der Waals surface area contributed by atoms with E-state index >= 15 is 0 Å². The number of anilines is 3. The number of amides is 2. The third kappa shape index (κ3) is 4.12. The fraction of sp³-hybridized carbons (Fsp3) is 0.226. The minimum atomic E-state index is -0.229. The van der Waals surface area contributed by atoms with Crippen LogP contribution in [-0.4, -0.2) is 29.1 Å². The number of benzene rings is 2. The average Bonchev–Trinajstić information content (AvgIpc) is 3.59. The molecule has 4 aromatic rings. The van der Waals surface area contributed by atoms with E-state index in [0.717, 1.165) is 45.0 Å². The number of para-hydroxylation sites is 1. The van der Waals surface area contributed by atoms with Gasteiger partial charge in [0.2, 0.25) is 0 Å². The molecule has 2 N–H and O–H groups in total. The second kappa shape index (κ2) is 9.17. The molecule has 3 aliphatic rings. The largest absolute Gasteiger partial charge is 0.398 e. The summed E-state index contributed by atoms with van der Waals surface area (Å²) in [4.78, 5) is 49.7. The fourth-order valence-electron chi connectivity index (χ4n) is 5.53. The van der Waals surface area contributed by atoms with Gasteiger partial charge in [-0.1, -0.05) is 36.4 Å². The molecular formula is C31H26N4O3S. The van der Waals surface area contributed by atoms with Gasteiger partial charge in [-0.3, -0.25) is 19.3 Å². The highest BCUT2D eigenvalue weighted by Gasteiger charge is 2.33. The van der Waals surface area contributed by atoms with Crippen LogP contribution < -0.4 is 15.5 Å². The molecule has 0 bridgehead atoms. The molecule has 2 aromatic carbocycles. The Morgan fingerprint density at radius 1 is 1.00 bits per heavy atom. The van der Waals surface area contributed by atoms with Crippen LogP contribution in [0.1, 0.15) is 60.9 Å². The molecule has 0 spiro atoms. The maximum absolute atomic E-state index is 13.9. The highest BCUT2D eigenvalue weighted by Crippen LogP contribution is 2.43. The molecule has 2 aromatic heterocycles. The molecule has 0 saturated heterocycles. The molecule has 0 unspecified atom stereocenters. The molecule has 1 fully saturated rings. The summed E-state index contributed by atoms with van der Waals surface area (Å²) in [6.07, 6.45) is 3.57. The van der Waals surface area contributed by atoms with Gasteiger partial charge < -0.3 is 10.6 Å². The summed E-state index contributed by atoms with van der Waals surface area (Å²) < 4.78 is 0. The van der Waals surface area contributed by atoms with Gasteiger partial charge in [0, 0.05) is 29.1 Å². The zero-order valence-corrected chi connectivity index (χ0v) is 22.0. The van der Waals surface area contributed by atoms with Crippen molar-refractivity contribution in [3.05, 3.63) is 94.0 Å². The van der Waals surface area contributed by atoms with Crippen molar-refractivity contribution in [2.45, 2.75) is 32.2 Å². The number of hydrogen-bond donors (Lipinski definition) is 1. The van der Waals surface area contributed by atoms with Crippen LogP contribution in [0.15, 0.2) is 66.7 Å². The van der Waals surface area contributed by atoms with E-state index in [1.165, 1.54) is 11.3 Å². The zero-order chi connectivity index (χ0) is 26.7. The molecule has 0 atom stereocenters. The predicted molar refractivity (Wildman–Crippen MR) is 152 cm³/mol. The normalized spacial score (nSPS) is 15.9. The van der Waals surface area contributed by atoms with Crippen LogP contribution in [0.2, 0.25) is 0 Å². The average molecular weight is 535 g/mol. The van der Waals surface area contributed by atoms with Crippen molar-refractivity contribution in [1.82, 2.24) is 4.98 Å². The van der Waals surface area contributed by atoms with E-state index in [-0.39, 0.29) is 23.3 Å². The van der Waals surface area contributed by atoms with Crippen LogP contribution in [0.4, 0.5) is 17.2 Å². The number of nitrogens with zero attached hydrogens (tertiary/aromatic N) is 3. The number of carbonyl (C=O) groups excluding carboxylic acids is 3. The Hall–Kier alpha value is -4.30. The van der Waals surface area contributed by atoms with Gasteiger partial charge in [-0.15, -0.1) is 11.3 Å². The molecule has 4 heterocycles. The van der Waals surface area contributed by atoms with E-state index in [1.54, 1.807) is 34.1 Å². The van der Waals surface area contributed by atoms with E-state index < -0.39 is 0 Å². The van der Waals surface area contributed by atoms with Crippen molar-refractivity contribution < 1.29 is 14.4 Å². The van der Waals surface area contributed by atoms with Gasteiger partial charge in [0.1, 0.15) is 11.5 Å². The van der Waals surface area contributed by atoms with Gasteiger partial charge in [-0.05, 0) is 66.6 Å². The van der Waals surface area contributed by atoms with Crippen LogP contribution in [0.3, 0.4) is 0 Å². The minimum Gasteiger partial charge on any atom is -0.398 e. The highest BCUT2D eigenvalue weighted by atomic mass is 32.1. The van der Waals surface area contributed by atoms with Crippen LogP contribution in [0.5, 0.6) is 0 Å². The van der Waals surface area contributed by atoms with E-state index in [9.17, 15) is 14.4 Å². The monoisotopic (exact) mass is 534 g/mol. The molecule has 2 amide bonds. The van der Waals surface area contributed by atoms with Crippen LogP contribution >= 0.6 is 11.3 Å². The van der Waals surface area contributed by atoms with E-state index in [4.69, 9.17) is 5.73 Å². The lowest BCUT2D eigenvalue weighted by atomic mass is 10.1. The second-order valence-electron chi connectivity index (χ2n) is 10.4. The van der Waals surface area contributed by atoms with Crippen LogP contribution in [-0.2, 0) is 13.0 Å². The number of hydrogen-bond acceptors (Lipinski definition) is 6. The van der Waals surface area contributed by atoms with E-state index in [2.05, 4.69) is 4.98 Å². The lowest BCUT2D eigenvalue weighted by Crippen LogP contribution is -2.33. The van der Waals surface area contributed by atoms with E-state index in [1.807, 2.05) is 42.5 Å². The van der Waals surface area contributed by atoms with Gasteiger partial charge in [0.15, 0.2) is 5.78 Å². The van der Waals surface area contributed by atoms with Crippen molar-refractivity contribution in [3.8, 4) is 10.4 Å². The van der Waals surface area contributed by atoms with Crippen molar-refractivity contribution in [2.75, 3.05) is 22.1 Å². The van der Waals surface area contributed by atoms with Crippen molar-refractivity contribution in [2.24, 2.45) is 5.92 Å². The van der Waals surface area contributed by atoms with E-state index in [0.29, 0.717) is 48.9 Å². The maximum Gasteiger partial charge on any atom is 0.276 e. The lowest BCUT2D eigenvalue weighted by Gasteiger charge is -2.23. The number of ketones is 1. The molecular weight excluding hydrogens is 508 g/mol. The van der Waals surface area contributed by atoms with Crippen molar-refractivity contribution in [3.63, 3.8) is 0 Å². The fourth-order valence-corrected chi connectivity index (χ4v) is 6.73. The number of pyridine rings is 1. The summed E-state index contributed by atoms with van der Waals surface area (Å²) in [6.45, 7) is 0.824. The second-order valence-corrected chi connectivity index (χ2v) is 11.5. The minimum absolute atomic E-state index is 0.211. The van der Waals surface area contributed by atoms with Gasteiger partial charge in [0.25, 0.3) is 11.8 Å². The maximum atomic E-state index is 13.9. The Labute approximate surface area is 229 Å². The topological polar surface area (TPSA) is 96.6 Å². The predicted octanol–water partition coefficient (Wildman–Crippen LogP) is 5.74. The molecule has 39 heavy (non-hydrogen) atoms. The standard InChI is InChI=1S/C31H26N4O3S/c32-22-7-3-5-20-17-35(31(38)28(20)22)27-10-4-8-23(33-27)30(37)34-14-13-19-16-26(25(36)15-18-11-12-18)39-29(19)21-6-1-2-9-24(21)34/h1-10,16,18H,11-15,17,32H2. The number of fused-ring (bicyclic) bond motifs is 4. The summed E-state index contributed by atoms with van der Waals surface area (Å²) >= 11 is 1.54. The van der Waals surface area contributed by atoms with Crippen LogP contribution in [0, 0.1) is 5.92 Å². The molecule has 8 heteroatoms. The first-order valence-electron chi connectivity index (χ1n) is 13.2. The molecule has 1 aliphatic carbocycles. The Kier molecular flexibility index (Phi) is 5.59. The van der Waals surface area contributed by atoms with Gasteiger partial charge in [-0.25, -0.2) is 4.98 Å². The molecule has 2 aliphatic heterocycles. The number of aromatic nitrogens is 1. The molecule has 1 saturated carbocycles. The zero-order valence-electron chi connectivity index (χ0n) is 21.2. The Balaban J connectivity index is 1.19. The number of nitrogens with two attached hydrogens (primary N) is 1. The Bertz CT molecular complexity index is 1670. The number of nitrogen functional groups attached to an aromatic ring is 1. The first kappa shape index (κ1) is 23.8. The SMILES string of the molecule is Nc1cccc2c1C(=O)N(c1cccc(C(=O)N3CCc4cc(C(=O)CC5CC5)sc4-c4ccccc43)n1)C2. The van der Waals surface area contributed by atoms with Crippen molar-refractivity contribution >= 4 is 46.1 Å². The number of thiophene rings is 1. The smallest absolute Gasteiger partial charge is 0.276 e. The summed E-state index contributed by atoms with van der Waals surface area (Å²) in [5.41, 5.74) is 11.0. The first-order chi connectivity index (χ1) is 19.0. The Morgan fingerprint density at radius 3 is 2.64 bits per heavy atom. The van der Waals surface area contributed by atoms with Gasteiger partial charge in [0.05, 0.1) is 22.7 Å². The van der Waals surface area contributed by atoms with Crippen molar-refractivity contribution in [1.29, 1.82) is 0 Å². The third-order valence-electron chi connectivity index (χ3n) is 7.74. The molecule has 194 valence electrons. The molecule has 0 radical (unpaired) electrons. The summed E-state index contributed by atoms with van der Waals surface area (Å²) in [5, 5.41) is 0. The third-order valence-corrected chi connectivity index (χ3v) is 9.00. The molecule has 7 rings (SSSR count). The Morgan fingerprint density at radius 2 is 1.82 bits per heavy atom.